The van der Waals surface area contributed by atoms with Gasteiger partial charge in [0, 0.05) is 25.4 Å². The molecule has 1 rings (SSSR count). The van der Waals surface area contributed by atoms with Crippen LogP contribution < -0.4 is 5.32 Å². The summed E-state index contributed by atoms with van der Waals surface area (Å²) >= 11 is 0. The molecule has 1 amide bonds. The SMILES string of the molecule is C[C@@H](NC(=O)CCn1ccnc1)C(=O)OC(C)(C)C. The third-order valence-corrected chi connectivity index (χ3v) is 2.29. The summed E-state index contributed by atoms with van der Waals surface area (Å²) in [5, 5.41) is 2.62. The molecular weight excluding hydrogens is 246 g/mol. The van der Waals surface area contributed by atoms with Crippen molar-refractivity contribution in [2.75, 3.05) is 0 Å². The van der Waals surface area contributed by atoms with Crippen LogP contribution in [0.5, 0.6) is 0 Å². The summed E-state index contributed by atoms with van der Waals surface area (Å²) in [6.45, 7) is 7.52. The van der Waals surface area contributed by atoms with Gasteiger partial charge < -0.3 is 14.6 Å². The smallest absolute Gasteiger partial charge is 0.328 e. The molecule has 0 saturated carbocycles. The molecule has 0 aliphatic rings. The van der Waals surface area contributed by atoms with E-state index in [-0.39, 0.29) is 5.91 Å². The Kier molecular flexibility index (Phi) is 5.09. The number of carbonyl (C=O) groups is 2. The Morgan fingerprint density at radius 2 is 2.11 bits per heavy atom. The first-order chi connectivity index (χ1) is 8.78. The molecule has 0 fully saturated rings. The van der Waals surface area contributed by atoms with Gasteiger partial charge in [-0.25, -0.2) is 9.78 Å². The number of amides is 1. The first-order valence-corrected chi connectivity index (χ1v) is 6.26. The number of rotatable bonds is 5. The lowest BCUT2D eigenvalue weighted by Crippen LogP contribution is -2.42. The Morgan fingerprint density at radius 1 is 1.42 bits per heavy atom. The van der Waals surface area contributed by atoms with Crippen LogP contribution in [0, 0.1) is 0 Å². The zero-order valence-corrected chi connectivity index (χ0v) is 11.8. The Labute approximate surface area is 113 Å². The van der Waals surface area contributed by atoms with E-state index in [0.29, 0.717) is 13.0 Å². The first kappa shape index (κ1) is 15.2. The van der Waals surface area contributed by atoms with Gasteiger partial charge in [-0.3, -0.25) is 4.79 Å². The fourth-order valence-corrected chi connectivity index (χ4v) is 1.41. The minimum Gasteiger partial charge on any atom is -0.458 e. The van der Waals surface area contributed by atoms with Crippen molar-refractivity contribution in [3.8, 4) is 0 Å². The molecule has 6 nitrogen and oxygen atoms in total. The molecule has 106 valence electrons. The number of nitrogens with zero attached hydrogens (tertiary/aromatic N) is 2. The second-order valence-corrected chi connectivity index (χ2v) is 5.37. The average molecular weight is 267 g/mol. The second kappa shape index (κ2) is 6.36. The van der Waals surface area contributed by atoms with E-state index >= 15 is 0 Å². The van der Waals surface area contributed by atoms with Gasteiger partial charge in [0.15, 0.2) is 0 Å². The largest absolute Gasteiger partial charge is 0.458 e. The van der Waals surface area contributed by atoms with E-state index in [0.717, 1.165) is 0 Å². The lowest BCUT2D eigenvalue weighted by molar-refractivity contribution is -0.158. The van der Waals surface area contributed by atoms with Crippen LogP contribution >= 0.6 is 0 Å². The number of aryl methyl sites for hydroxylation is 1. The zero-order chi connectivity index (χ0) is 14.5. The summed E-state index contributed by atoms with van der Waals surface area (Å²) in [4.78, 5) is 27.2. The molecule has 1 aromatic heterocycles. The van der Waals surface area contributed by atoms with E-state index in [1.165, 1.54) is 0 Å². The van der Waals surface area contributed by atoms with E-state index in [9.17, 15) is 9.59 Å². The maximum absolute atomic E-state index is 11.7. The highest BCUT2D eigenvalue weighted by molar-refractivity contribution is 5.84. The number of carbonyl (C=O) groups excluding carboxylic acids is 2. The van der Waals surface area contributed by atoms with Crippen molar-refractivity contribution in [2.24, 2.45) is 0 Å². The number of nitrogens with one attached hydrogen (secondary N) is 1. The predicted octanol–water partition coefficient (Wildman–Crippen LogP) is 1.12. The van der Waals surface area contributed by atoms with Crippen LogP contribution in [0.4, 0.5) is 0 Å². The molecule has 0 radical (unpaired) electrons. The monoisotopic (exact) mass is 267 g/mol. The number of aromatic nitrogens is 2. The maximum Gasteiger partial charge on any atom is 0.328 e. The number of esters is 1. The Bertz CT molecular complexity index is 421. The topological polar surface area (TPSA) is 73.2 Å². The lowest BCUT2D eigenvalue weighted by Gasteiger charge is -2.22. The van der Waals surface area contributed by atoms with Gasteiger partial charge in [-0.2, -0.15) is 0 Å². The van der Waals surface area contributed by atoms with Gasteiger partial charge in [0.25, 0.3) is 0 Å². The standard InChI is InChI=1S/C13H21N3O3/c1-10(12(18)19-13(2,3)4)15-11(17)5-7-16-8-6-14-9-16/h6,8-10H,5,7H2,1-4H3,(H,15,17)/t10-/m1/s1. The van der Waals surface area contributed by atoms with Crippen molar-refractivity contribution in [1.29, 1.82) is 0 Å². The summed E-state index contributed by atoms with van der Waals surface area (Å²) in [6, 6.07) is -0.644. The van der Waals surface area contributed by atoms with Gasteiger partial charge in [-0.05, 0) is 27.7 Å². The molecular formula is C13H21N3O3. The van der Waals surface area contributed by atoms with Gasteiger partial charge >= 0.3 is 5.97 Å². The Morgan fingerprint density at radius 3 is 2.63 bits per heavy atom. The summed E-state index contributed by atoms with van der Waals surface area (Å²) in [5.74, 6) is -0.615. The number of ether oxygens (including phenoxy) is 1. The van der Waals surface area contributed by atoms with Gasteiger partial charge in [0.1, 0.15) is 11.6 Å². The number of imidazole rings is 1. The summed E-state index contributed by atoms with van der Waals surface area (Å²) in [5.41, 5.74) is -0.549. The van der Waals surface area contributed by atoms with E-state index in [2.05, 4.69) is 10.3 Å². The summed E-state index contributed by atoms with van der Waals surface area (Å²) in [7, 11) is 0. The highest BCUT2D eigenvalue weighted by Crippen LogP contribution is 2.08. The van der Waals surface area contributed by atoms with E-state index in [1.807, 2.05) is 0 Å². The molecule has 0 saturated heterocycles. The average Bonchev–Trinajstić information content (AvgIpc) is 2.76. The Balaban J connectivity index is 2.33. The van der Waals surface area contributed by atoms with Crippen molar-refractivity contribution >= 4 is 11.9 Å². The molecule has 0 aliphatic heterocycles. The van der Waals surface area contributed by atoms with Crippen molar-refractivity contribution in [2.45, 2.75) is 52.3 Å². The van der Waals surface area contributed by atoms with Crippen LogP contribution in [0.1, 0.15) is 34.1 Å². The molecule has 19 heavy (non-hydrogen) atoms. The molecule has 0 aliphatic carbocycles. The van der Waals surface area contributed by atoms with E-state index in [4.69, 9.17) is 4.74 Å². The van der Waals surface area contributed by atoms with Crippen molar-refractivity contribution in [3.05, 3.63) is 18.7 Å². The molecule has 6 heteroatoms. The van der Waals surface area contributed by atoms with Gasteiger partial charge in [0.2, 0.25) is 5.91 Å². The van der Waals surface area contributed by atoms with Crippen LogP contribution in [-0.4, -0.2) is 33.1 Å². The molecule has 1 atom stereocenters. The first-order valence-electron chi connectivity index (χ1n) is 6.26. The van der Waals surface area contributed by atoms with Gasteiger partial charge in [0.05, 0.1) is 6.33 Å². The molecule has 1 N–H and O–H groups in total. The molecule has 0 bridgehead atoms. The molecule has 1 aromatic rings. The van der Waals surface area contributed by atoms with Crippen molar-refractivity contribution in [3.63, 3.8) is 0 Å². The highest BCUT2D eigenvalue weighted by Gasteiger charge is 2.22. The van der Waals surface area contributed by atoms with Crippen LogP contribution in [0.2, 0.25) is 0 Å². The fraction of sp³-hybridized carbons (Fsp3) is 0.615. The highest BCUT2D eigenvalue weighted by atomic mass is 16.6. The fourth-order valence-electron chi connectivity index (χ4n) is 1.41. The normalized spacial score (nSPS) is 12.8. The zero-order valence-electron chi connectivity index (χ0n) is 11.8. The minimum atomic E-state index is -0.644. The lowest BCUT2D eigenvalue weighted by atomic mass is 10.2. The third kappa shape index (κ3) is 6.03. The quantitative estimate of drug-likeness (QED) is 0.811. The van der Waals surface area contributed by atoms with Crippen LogP contribution in [0.25, 0.3) is 0 Å². The van der Waals surface area contributed by atoms with Crippen LogP contribution in [0.15, 0.2) is 18.7 Å². The van der Waals surface area contributed by atoms with Crippen molar-refractivity contribution in [1.82, 2.24) is 14.9 Å². The number of hydrogen-bond donors (Lipinski definition) is 1. The number of hydrogen-bond acceptors (Lipinski definition) is 4. The van der Waals surface area contributed by atoms with Gasteiger partial charge in [-0.1, -0.05) is 0 Å². The molecule has 0 aromatic carbocycles. The molecule has 0 unspecified atom stereocenters. The van der Waals surface area contributed by atoms with E-state index < -0.39 is 17.6 Å². The van der Waals surface area contributed by atoms with Crippen LogP contribution in [0.3, 0.4) is 0 Å². The van der Waals surface area contributed by atoms with E-state index in [1.54, 1.807) is 51.0 Å². The Hall–Kier alpha value is -1.85. The third-order valence-electron chi connectivity index (χ3n) is 2.29. The summed E-state index contributed by atoms with van der Waals surface area (Å²) in [6.07, 6.45) is 5.37. The van der Waals surface area contributed by atoms with Crippen LogP contribution in [-0.2, 0) is 20.9 Å². The molecule has 0 spiro atoms. The molecule has 1 heterocycles. The maximum atomic E-state index is 11.7. The summed E-state index contributed by atoms with van der Waals surface area (Å²) < 4.78 is 6.99. The minimum absolute atomic E-state index is 0.188. The van der Waals surface area contributed by atoms with Crippen molar-refractivity contribution < 1.29 is 14.3 Å². The second-order valence-electron chi connectivity index (χ2n) is 5.37. The van der Waals surface area contributed by atoms with Gasteiger partial charge in [-0.15, -0.1) is 0 Å². The predicted molar refractivity (Wildman–Crippen MR) is 70.3 cm³/mol.